The van der Waals surface area contributed by atoms with E-state index in [2.05, 4.69) is 19.2 Å². The third-order valence-corrected chi connectivity index (χ3v) is 3.47. The molecule has 1 aromatic rings. The van der Waals surface area contributed by atoms with Gasteiger partial charge in [-0.15, -0.1) is 0 Å². The van der Waals surface area contributed by atoms with E-state index in [1.807, 2.05) is 12.1 Å². The van der Waals surface area contributed by atoms with E-state index in [1.165, 1.54) is 0 Å². The molecule has 0 saturated heterocycles. The first-order chi connectivity index (χ1) is 8.61. The summed E-state index contributed by atoms with van der Waals surface area (Å²) in [7, 11) is 0. The first-order valence-electron chi connectivity index (χ1n) is 6.32. The fraction of sp³-hybridized carbons (Fsp3) is 0.571. The van der Waals surface area contributed by atoms with Crippen LogP contribution in [-0.4, -0.2) is 19.8 Å². The summed E-state index contributed by atoms with van der Waals surface area (Å²) >= 11 is 12.0. The largest absolute Gasteiger partial charge is 0.380 e. The number of benzene rings is 1. The Kier molecular flexibility index (Phi) is 7.68. The van der Waals surface area contributed by atoms with E-state index in [1.54, 1.807) is 6.07 Å². The zero-order valence-electron chi connectivity index (χ0n) is 11.0. The average Bonchev–Trinajstić information content (AvgIpc) is 2.32. The molecule has 0 saturated carbocycles. The Balaban J connectivity index is 2.13. The molecular formula is C14H21Cl2NO. The molecule has 0 atom stereocenters. The first-order valence-corrected chi connectivity index (χ1v) is 7.08. The Morgan fingerprint density at radius 1 is 1.22 bits per heavy atom. The number of hydrogen-bond acceptors (Lipinski definition) is 2. The van der Waals surface area contributed by atoms with Crippen LogP contribution in [0, 0.1) is 5.92 Å². The molecule has 0 spiro atoms. The third kappa shape index (κ3) is 6.05. The third-order valence-electron chi connectivity index (χ3n) is 2.61. The molecule has 0 aliphatic carbocycles. The summed E-state index contributed by atoms with van der Waals surface area (Å²) in [6.45, 7) is 7.49. The number of rotatable bonds is 8. The summed E-state index contributed by atoms with van der Waals surface area (Å²) in [5.41, 5.74) is 1.02. The molecule has 1 rings (SSSR count). The first kappa shape index (κ1) is 15.8. The molecule has 18 heavy (non-hydrogen) atoms. The molecule has 1 N–H and O–H groups in total. The molecule has 0 aliphatic heterocycles. The molecule has 4 heteroatoms. The van der Waals surface area contributed by atoms with Crippen LogP contribution in [-0.2, 0) is 11.3 Å². The van der Waals surface area contributed by atoms with E-state index in [9.17, 15) is 0 Å². The summed E-state index contributed by atoms with van der Waals surface area (Å²) in [4.78, 5) is 0. The SMILES string of the molecule is CC(C)CCOCCNCc1cccc(Cl)c1Cl. The van der Waals surface area contributed by atoms with Gasteiger partial charge >= 0.3 is 0 Å². The monoisotopic (exact) mass is 289 g/mol. The number of ether oxygens (including phenoxy) is 1. The molecule has 2 nitrogen and oxygen atoms in total. The molecular weight excluding hydrogens is 269 g/mol. The van der Waals surface area contributed by atoms with Crippen LogP contribution in [0.25, 0.3) is 0 Å². The molecule has 0 amide bonds. The predicted molar refractivity (Wildman–Crippen MR) is 78.4 cm³/mol. The van der Waals surface area contributed by atoms with Crippen LogP contribution in [0.4, 0.5) is 0 Å². The molecule has 0 unspecified atom stereocenters. The van der Waals surface area contributed by atoms with Crippen molar-refractivity contribution in [1.29, 1.82) is 0 Å². The van der Waals surface area contributed by atoms with Gasteiger partial charge in [0.2, 0.25) is 0 Å². The van der Waals surface area contributed by atoms with Gasteiger partial charge in [0.1, 0.15) is 0 Å². The summed E-state index contributed by atoms with van der Waals surface area (Å²) in [5, 5.41) is 4.52. The van der Waals surface area contributed by atoms with Gasteiger partial charge in [-0.2, -0.15) is 0 Å². The predicted octanol–water partition coefficient (Wildman–Crippen LogP) is 4.15. The highest BCUT2D eigenvalue weighted by Crippen LogP contribution is 2.25. The Bertz CT molecular complexity index is 356. The minimum atomic E-state index is 0.601. The summed E-state index contributed by atoms with van der Waals surface area (Å²) in [6.07, 6.45) is 1.11. The van der Waals surface area contributed by atoms with Crippen molar-refractivity contribution >= 4 is 23.2 Å². The van der Waals surface area contributed by atoms with Crippen molar-refractivity contribution in [2.24, 2.45) is 5.92 Å². The van der Waals surface area contributed by atoms with E-state index in [-0.39, 0.29) is 0 Å². The van der Waals surface area contributed by atoms with Crippen molar-refractivity contribution in [3.05, 3.63) is 33.8 Å². The number of halogens is 2. The van der Waals surface area contributed by atoms with E-state index in [0.29, 0.717) is 22.5 Å². The highest BCUT2D eigenvalue weighted by atomic mass is 35.5. The summed E-state index contributed by atoms with van der Waals surface area (Å²) < 4.78 is 5.51. The Morgan fingerprint density at radius 2 is 2.00 bits per heavy atom. The fourth-order valence-corrected chi connectivity index (χ4v) is 1.86. The fourth-order valence-electron chi connectivity index (χ4n) is 1.47. The second kappa shape index (κ2) is 8.76. The molecule has 0 bridgehead atoms. The van der Waals surface area contributed by atoms with E-state index in [4.69, 9.17) is 27.9 Å². The molecule has 102 valence electrons. The molecule has 0 fully saturated rings. The van der Waals surface area contributed by atoms with Crippen molar-refractivity contribution < 1.29 is 4.74 Å². The molecule has 1 aromatic carbocycles. The van der Waals surface area contributed by atoms with Crippen LogP contribution in [0.15, 0.2) is 18.2 Å². The average molecular weight is 290 g/mol. The smallest absolute Gasteiger partial charge is 0.0637 e. The van der Waals surface area contributed by atoms with Crippen molar-refractivity contribution in [3.63, 3.8) is 0 Å². The van der Waals surface area contributed by atoms with Gasteiger partial charge in [-0.25, -0.2) is 0 Å². The number of nitrogens with one attached hydrogen (secondary N) is 1. The Labute approximate surface area is 120 Å². The van der Waals surface area contributed by atoms with Gasteiger partial charge in [-0.3, -0.25) is 0 Å². The minimum absolute atomic E-state index is 0.601. The second-order valence-corrected chi connectivity index (χ2v) is 5.47. The van der Waals surface area contributed by atoms with Crippen molar-refractivity contribution in [3.8, 4) is 0 Å². The maximum Gasteiger partial charge on any atom is 0.0637 e. The summed E-state index contributed by atoms with van der Waals surface area (Å²) in [5.74, 6) is 0.697. The molecule has 0 heterocycles. The normalized spacial score (nSPS) is 11.2. The van der Waals surface area contributed by atoms with Gasteiger partial charge in [-0.1, -0.05) is 49.2 Å². The number of hydrogen-bond donors (Lipinski definition) is 1. The van der Waals surface area contributed by atoms with Gasteiger partial charge in [0.05, 0.1) is 16.7 Å². The van der Waals surface area contributed by atoms with Gasteiger partial charge in [-0.05, 0) is 24.0 Å². The summed E-state index contributed by atoms with van der Waals surface area (Å²) in [6, 6.07) is 5.67. The van der Waals surface area contributed by atoms with E-state index in [0.717, 1.165) is 31.7 Å². The zero-order chi connectivity index (χ0) is 13.4. The second-order valence-electron chi connectivity index (χ2n) is 4.68. The van der Waals surface area contributed by atoms with Crippen LogP contribution in [0.2, 0.25) is 10.0 Å². The van der Waals surface area contributed by atoms with Gasteiger partial charge < -0.3 is 10.1 Å². The van der Waals surface area contributed by atoms with Gasteiger partial charge in [0, 0.05) is 19.7 Å². The maximum absolute atomic E-state index is 6.09. The minimum Gasteiger partial charge on any atom is -0.380 e. The van der Waals surface area contributed by atoms with Crippen LogP contribution in [0.5, 0.6) is 0 Å². The van der Waals surface area contributed by atoms with Crippen molar-refractivity contribution in [1.82, 2.24) is 5.32 Å². The van der Waals surface area contributed by atoms with Crippen LogP contribution < -0.4 is 5.32 Å². The van der Waals surface area contributed by atoms with Crippen molar-refractivity contribution in [2.75, 3.05) is 19.8 Å². The quantitative estimate of drug-likeness (QED) is 0.726. The van der Waals surface area contributed by atoms with Crippen LogP contribution in [0.3, 0.4) is 0 Å². The van der Waals surface area contributed by atoms with Gasteiger partial charge in [0.25, 0.3) is 0 Å². The van der Waals surface area contributed by atoms with E-state index < -0.39 is 0 Å². The molecule has 0 aliphatic rings. The van der Waals surface area contributed by atoms with Crippen LogP contribution >= 0.6 is 23.2 Å². The molecule has 0 aromatic heterocycles. The standard InChI is InChI=1S/C14H21Cl2NO/c1-11(2)6-8-18-9-7-17-10-12-4-3-5-13(15)14(12)16/h3-5,11,17H,6-10H2,1-2H3. The maximum atomic E-state index is 6.09. The van der Waals surface area contributed by atoms with Crippen LogP contribution in [0.1, 0.15) is 25.8 Å². The lowest BCUT2D eigenvalue weighted by Gasteiger charge is -2.09. The lowest BCUT2D eigenvalue weighted by atomic mass is 10.1. The zero-order valence-corrected chi connectivity index (χ0v) is 12.5. The molecule has 0 radical (unpaired) electrons. The Hall–Kier alpha value is -0.280. The lowest BCUT2D eigenvalue weighted by Crippen LogP contribution is -2.20. The van der Waals surface area contributed by atoms with E-state index >= 15 is 0 Å². The lowest BCUT2D eigenvalue weighted by molar-refractivity contribution is 0.125. The van der Waals surface area contributed by atoms with Gasteiger partial charge in [0.15, 0.2) is 0 Å². The van der Waals surface area contributed by atoms with Crippen molar-refractivity contribution in [2.45, 2.75) is 26.8 Å². The highest BCUT2D eigenvalue weighted by Gasteiger charge is 2.03. The highest BCUT2D eigenvalue weighted by molar-refractivity contribution is 6.42. The Morgan fingerprint density at radius 3 is 2.72 bits per heavy atom. The topological polar surface area (TPSA) is 21.3 Å².